The van der Waals surface area contributed by atoms with Gasteiger partial charge in [-0.05, 0) is 25.7 Å². The summed E-state index contributed by atoms with van der Waals surface area (Å²) in [5.41, 5.74) is -0.390. The summed E-state index contributed by atoms with van der Waals surface area (Å²) in [6, 6.07) is 0. The highest BCUT2D eigenvalue weighted by atomic mass is 16.5. The maximum Gasteiger partial charge on any atom is 0.458 e. The maximum atomic E-state index is 11.4. The highest BCUT2D eigenvalue weighted by Crippen LogP contribution is 2.72. The van der Waals surface area contributed by atoms with Crippen LogP contribution in [0.15, 0.2) is 0 Å². The second kappa shape index (κ2) is 2.48. The summed E-state index contributed by atoms with van der Waals surface area (Å²) < 4.78 is 4.70. The summed E-state index contributed by atoms with van der Waals surface area (Å²) in [6.07, 6.45) is 2.60. The molecule has 3 aliphatic carbocycles. The van der Waals surface area contributed by atoms with Crippen LogP contribution in [0, 0.1) is 5.41 Å². The molecule has 2 N–H and O–H groups in total. The summed E-state index contributed by atoms with van der Waals surface area (Å²) >= 11 is 0. The van der Waals surface area contributed by atoms with Crippen LogP contribution in [0.3, 0.4) is 0 Å². The van der Waals surface area contributed by atoms with E-state index in [1.54, 1.807) is 0 Å². The third-order valence-electron chi connectivity index (χ3n) is 3.65. The van der Waals surface area contributed by atoms with Gasteiger partial charge in [-0.2, -0.15) is 0 Å². The minimum atomic E-state index is -1.28. The fraction of sp³-hybridized carbons (Fsp3) is 0.875. The van der Waals surface area contributed by atoms with Crippen molar-refractivity contribution in [3.63, 3.8) is 0 Å². The highest BCUT2D eigenvalue weighted by molar-refractivity contribution is 6.46. The molecule has 3 rings (SSSR count). The molecule has 72 valence electrons. The van der Waals surface area contributed by atoms with Gasteiger partial charge in [0, 0.05) is 5.31 Å². The van der Waals surface area contributed by atoms with Gasteiger partial charge in [0.15, 0.2) is 0 Å². The number of ether oxygens (including phenoxy) is 1. The number of carbonyl (C=O) groups excluding carboxylic acids is 1. The average Bonchev–Trinajstić information content (AvgIpc) is 2.57. The predicted molar refractivity (Wildman–Crippen MR) is 45.8 cm³/mol. The average molecular weight is 184 g/mol. The Hall–Kier alpha value is -0.545. The molecule has 3 saturated carbocycles. The molecular formula is C8H13BO4. The predicted octanol–water partition coefficient (Wildman–Crippen LogP) is -0.0534. The van der Waals surface area contributed by atoms with E-state index < -0.39 is 17.8 Å². The largest absolute Gasteiger partial charge is 0.469 e. The van der Waals surface area contributed by atoms with Crippen molar-refractivity contribution in [3.8, 4) is 0 Å². The molecule has 5 heteroatoms. The molecule has 0 aromatic carbocycles. The zero-order valence-electron chi connectivity index (χ0n) is 7.62. The molecule has 0 radical (unpaired) electrons. The SMILES string of the molecule is COC(=O)C12CCC(B(O)O)(C1)C2. The molecule has 0 saturated heterocycles. The number of hydrogen-bond donors (Lipinski definition) is 2. The van der Waals surface area contributed by atoms with Crippen LogP contribution in [-0.4, -0.2) is 30.2 Å². The maximum absolute atomic E-state index is 11.4. The Labute approximate surface area is 77.0 Å². The Morgan fingerprint density at radius 2 is 2.00 bits per heavy atom. The van der Waals surface area contributed by atoms with Crippen molar-refractivity contribution < 1.29 is 19.6 Å². The molecule has 0 atom stereocenters. The zero-order valence-corrected chi connectivity index (χ0v) is 7.62. The molecule has 13 heavy (non-hydrogen) atoms. The molecule has 0 spiro atoms. The van der Waals surface area contributed by atoms with Crippen molar-refractivity contribution in [1.82, 2.24) is 0 Å². The lowest BCUT2D eigenvalue weighted by Crippen LogP contribution is -2.47. The van der Waals surface area contributed by atoms with Gasteiger partial charge in [0.2, 0.25) is 0 Å². The quantitative estimate of drug-likeness (QED) is 0.466. The molecule has 0 unspecified atom stereocenters. The van der Waals surface area contributed by atoms with Crippen LogP contribution >= 0.6 is 0 Å². The third kappa shape index (κ3) is 0.972. The van der Waals surface area contributed by atoms with E-state index in [0.29, 0.717) is 12.8 Å². The Kier molecular flexibility index (Phi) is 1.72. The van der Waals surface area contributed by atoms with E-state index >= 15 is 0 Å². The smallest absolute Gasteiger partial charge is 0.458 e. The molecule has 0 aromatic rings. The number of carbonyl (C=O) groups is 1. The lowest BCUT2D eigenvalue weighted by molar-refractivity contribution is -0.157. The fourth-order valence-electron chi connectivity index (χ4n) is 2.91. The van der Waals surface area contributed by atoms with Gasteiger partial charge in [0.05, 0.1) is 12.5 Å². The van der Waals surface area contributed by atoms with E-state index in [0.717, 1.165) is 12.8 Å². The minimum Gasteiger partial charge on any atom is -0.469 e. The van der Waals surface area contributed by atoms with Gasteiger partial charge >= 0.3 is 13.1 Å². The molecule has 0 heterocycles. The van der Waals surface area contributed by atoms with Crippen molar-refractivity contribution in [2.75, 3.05) is 7.11 Å². The normalized spacial score (nSPS) is 41.2. The molecule has 0 amide bonds. The number of esters is 1. The lowest BCUT2D eigenvalue weighted by atomic mass is 9.44. The summed E-state index contributed by atoms with van der Waals surface area (Å²) in [6.45, 7) is 0. The van der Waals surface area contributed by atoms with Crippen LogP contribution in [0.2, 0.25) is 5.31 Å². The van der Waals surface area contributed by atoms with E-state index in [1.807, 2.05) is 0 Å². The van der Waals surface area contributed by atoms with Gasteiger partial charge in [-0.25, -0.2) is 0 Å². The van der Waals surface area contributed by atoms with E-state index in [-0.39, 0.29) is 5.97 Å². The van der Waals surface area contributed by atoms with Crippen LogP contribution in [0.5, 0.6) is 0 Å². The Morgan fingerprint density at radius 1 is 1.38 bits per heavy atom. The first-order valence-corrected chi connectivity index (χ1v) is 4.49. The highest BCUT2D eigenvalue weighted by Gasteiger charge is 2.69. The van der Waals surface area contributed by atoms with E-state index in [1.165, 1.54) is 7.11 Å². The van der Waals surface area contributed by atoms with Crippen LogP contribution in [0.25, 0.3) is 0 Å². The monoisotopic (exact) mass is 184 g/mol. The first kappa shape index (κ1) is 9.03. The summed E-state index contributed by atoms with van der Waals surface area (Å²) in [4.78, 5) is 11.4. The van der Waals surface area contributed by atoms with Crippen molar-refractivity contribution in [2.24, 2.45) is 5.41 Å². The Morgan fingerprint density at radius 3 is 2.38 bits per heavy atom. The Balaban J connectivity index is 2.10. The standard InChI is InChI=1S/C8H13BO4/c1-13-6(10)7-2-3-8(4-7,5-7)9(11)12/h11-12H,2-5H2,1H3. The number of hydrogen-bond acceptors (Lipinski definition) is 4. The van der Waals surface area contributed by atoms with Crippen molar-refractivity contribution >= 4 is 13.1 Å². The van der Waals surface area contributed by atoms with Crippen LogP contribution in [0.4, 0.5) is 0 Å². The lowest BCUT2D eigenvalue weighted by Gasteiger charge is -2.44. The first-order chi connectivity index (χ1) is 6.05. The van der Waals surface area contributed by atoms with Gasteiger partial charge in [-0.3, -0.25) is 4.79 Å². The van der Waals surface area contributed by atoms with Gasteiger partial charge in [-0.15, -0.1) is 0 Å². The molecule has 0 aromatic heterocycles. The summed E-state index contributed by atoms with van der Waals surface area (Å²) in [5, 5.41) is 17.8. The number of methoxy groups -OCH3 is 1. The van der Waals surface area contributed by atoms with Crippen molar-refractivity contribution in [3.05, 3.63) is 0 Å². The van der Waals surface area contributed by atoms with Crippen LogP contribution in [0.1, 0.15) is 25.7 Å². The summed E-state index contributed by atoms with van der Waals surface area (Å²) in [5.74, 6) is -0.193. The molecule has 4 nitrogen and oxygen atoms in total. The summed E-state index contributed by atoms with van der Waals surface area (Å²) in [7, 11) is 0.0953. The van der Waals surface area contributed by atoms with Gasteiger partial charge in [0.25, 0.3) is 0 Å². The first-order valence-electron chi connectivity index (χ1n) is 4.49. The van der Waals surface area contributed by atoms with Crippen molar-refractivity contribution in [2.45, 2.75) is 31.0 Å². The van der Waals surface area contributed by atoms with Gasteiger partial charge in [-0.1, -0.05) is 0 Å². The fourth-order valence-corrected chi connectivity index (χ4v) is 2.91. The zero-order chi connectivity index (χ0) is 9.69. The molecule has 0 aliphatic heterocycles. The Bertz CT molecular complexity index is 245. The van der Waals surface area contributed by atoms with Crippen LogP contribution in [-0.2, 0) is 9.53 Å². The molecule has 3 aliphatic rings. The van der Waals surface area contributed by atoms with Gasteiger partial charge < -0.3 is 14.8 Å². The number of fused-ring (bicyclic) bond motifs is 1. The minimum absolute atomic E-state index is 0.193. The third-order valence-corrected chi connectivity index (χ3v) is 3.65. The van der Waals surface area contributed by atoms with Crippen molar-refractivity contribution in [1.29, 1.82) is 0 Å². The molecule has 2 bridgehead atoms. The van der Waals surface area contributed by atoms with Gasteiger partial charge in [0.1, 0.15) is 0 Å². The van der Waals surface area contributed by atoms with E-state index in [2.05, 4.69) is 0 Å². The van der Waals surface area contributed by atoms with Crippen LogP contribution < -0.4 is 0 Å². The second-order valence-electron chi connectivity index (χ2n) is 4.36. The molecular weight excluding hydrogens is 171 g/mol. The molecule has 3 fully saturated rings. The topological polar surface area (TPSA) is 66.8 Å². The van der Waals surface area contributed by atoms with E-state index in [9.17, 15) is 4.79 Å². The second-order valence-corrected chi connectivity index (χ2v) is 4.36. The number of rotatable bonds is 2. The van der Waals surface area contributed by atoms with E-state index in [4.69, 9.17) is 14.8 Å².